The number of hydrogen-bond donors (Lipinski definition) is 3. The molecule has 4 N–H and O–H groups in total. The van der Waals surface area contributed by atoms with Gasteiger partial charge in [-0.2, -0.15) is 0 Å². The van der Waals surface area contributed by atoms with Crippen LogP contribution >= 0.6 is 11.6 Å². The number of benzene rings is 1. The molecule has 0 aliphatic heterocycles. The SMILES string of the molecule is NC(=NO)c1cc(Cl)ccc1OCCO. The van der Waals surface area contributed by atoms with Crippen molar-refractivity contribution in [3.8, 4) is 5.75 Å². The van der Waals surface area contributed by atoms with Crippen LogP contribution in [0.1, 0.15) is 5.56 Å². The van der Waals surface area contributed by atoms with Gasteiger partial charge in [0.15, 0.2) is 5.84 Å². The Labute approximate surface area is 91.7 Å². The van der Waals surface area contributed by atoms with Crippen molar-refractivity contribution in [3.05, 3.63) is 28.8 Å². The summed E-state index contributed by atoms with van der Waals surface area (Å²) in [5, 5.41) is 20.5. The van der Waals surface area contributed by atoms with E-state index in [-0.39, 0.29) is 19.0 Å². The Morgan fingerprint density at radius 1 is 1.53 bits per heavy atom. The Kier molecular flexibility index (Phi) is 4.20. The first-order valence-corrected chi connectivity index (χ1v) is 4.58. The van der Waals surface area contributed by atoms with Crippen LogP contribution in [0.5, 0.6) is 5.75 Å². The van der Waals surface area contributed by atoms with E-state index in [1.807, 2.05) is 0 Å². The van der Waals surface area contributed by atoms with Gasteiger partial charge in [-0.25, -0.2) is 0 Å². The first kappa shape index (κ1) is 11.6. The third-order valence-corrected chi connectivity index (χ3v) is 1.91. The lowest BCUT2D eigenvalue weighted by molar-refractivity contribution is 0.201. The van der Waals surface area contributed by atoms with E-state index in [1.54, 1.807) is 12.1 Å². The van der Waals surface area contributed by atoms with E-state index in [0.29, 0.717) is 16.3 Å². The fraction of sp³-hybridized carbons (Fsp3) is 0.222. The topological polar surface area (TPSA) is 88.1 Å². The summed E-state index contributed by atoms with van der Waals surface area (Å²) in [6, 6.07) is 4.72. The van der Waals surface area contributed by atoms with E-state index in [4.69, 9.17) is 32.4 Å². The number of ether oxygens (including phenoxy) is 1. The number of halogens is 1. The number of aliphatic hydroxyl groups excluding tert-OH is 1. The third-order valence-electron chi connectivity index (χ3n) is 1.67. The summed E-state index contributed by atoms with van der Waals surface area (Å²) in [4.78, 5) is 0. The smallest absolute Gasteiger partial charge is 0.173 e. The molecule has 0 fully saturated rings. The average molecular weight is 231 g/mol. The van der Waals surface area contributed by atoms with E-state index >= 15 is 0 Å². The minimum absolute atomic E-state index is 0.0922. The lowest BCUT2D eigenvalue weighted by atomic mass is 10.2. The minimum Gasteiger partial charge on any atom is -0.490 e. The lowest BCUT2D eigenvalue weighted by Gasteiger charge is -2.09. The van der Waals surface area contributed by atoms with Crippen molar-refractivity contribution >= 4 is 17.4 Å². The second-order valence-corrected chi connectivity index (χ2v) is 3.13. The zero-order valence-electron chi connectivity index (χ0n) is 7.85. The van der Waals surface area contributed by atoms with Gasteiger partial charge in [0.1, 0.15) is 12.4 Å². The molecule has 0 aliphatic carbocycles. The van der Waals surface area contributed by atoms with Crippen LogP contribution in [0.2, 0.25) is 5.02 Å². The molecular weight excluding hydrogens is 220 g/mol. The van der Waals surface area contributed by atoms with E-state index in [1.165, 1.54) is 6.07 Å². The molecule has 0 bridgehead atoms. The molecule has 1 rings (SSSR count). The number of aliphatic hydroxyl groups is 1. The molecule has 0 amide bonds. The quantitative estimate of drug-likeness (QED) is 0.309. The molecule has 0 heterocycles. The summed E-state index contributed by atoms with van der Waals surface area (Å²) in [5.41, 5.74) is 5.82. The zero-order valence-corrected chi connectivity index (χ0v) is 8.61. The van der Waals surface area contributed by atoms with Crippen molar-refractivity contribution < 1.29 is 15.1 Å². The monoisotopic (exact) mass is 230 g/mol. The summed E-state index contributed by atoms with van der Waals surface area (Å²) in [6.07, 6.45) is 0. The Morgan fingerprint density at radius 3 is 2.87 bits per heavy atom. The molecule has 82 valence electrons. The molecule has 6 heteroatoms. The summed E-state index contributed by atoms with van der Waals surface area (Å²) < 4.78 is 5.18. The molecule has 1 aromatic rings. The maximum absolute atomic E-state index is 8.61. The van der Waals surface area contributed by atoms with E-state index < -0.39 is 0 Å². The van der Waals surface area contributed by atoms with Crippen molar-refractivity contribution in [2.24, 2.45) is 10.9 Å². The first-order chi connectivity index (χ1) is 7.19. The van der Waals surface area contributed by atoms with Gasteiger partial charge in [-0.3, -0.25) is 0 Å². The number of oxime groups is 1. The molecule has 0 aromatic heterocycles. The van der Waals surface area contributed by atoms with Gasteiger partial charge in [0.2, 0.25) is 0 Å². The van der Waals surface area contributed by atoms with Gasteiger partial charge in [-0.15, -0.1) is 0 Å². The number of hydrogen-bond acceptors (Lipinski definition) is 4. The van der Waals surface area contributed by atoms with Gasteiger partial charge in [0.05, 0.1) is 12.2 Å². The van der Waals surface area contributed by atoms with Crippen LogP contribution in [0.4, 0.5) is 0 Å². The fourth-order valence-electron chi connectivity index (χ4n) is 1.04. The van der Waals surface area contributed by atoms with Crippen molar-refractivity contribution in [2.75, 3.05) is 13.2 Å². The van der Waals surface area contributed by atoms with Crippen molar-refractivity contribution in [1.82, 2.24) is 0 Å². The Bertz CT molecular complexity index is 368. The van der Waals surface area contributed by atoms with Crippen LogP contribution in [0.25, 0.3) is 0 Å². The maximum Gasteiger partial charge on any atom is 0.173 e. The predicted octanol–water partition coefficient (Wildman–Crippen LogP) is 0.806. The van der Waals surface area contributed by atoms with Crippen LogP contribution < -0.4 is 10.5 Å². The normalized spacial score (nSPS) is 11.5. The first-order valence-electron chi connectivity index (χ1n) is 4.20. The summed E-state index contributed by atoms with van der Waals surface area (Å²) in [7, 11) is 0. The number of amidine groups is 1. The maximum atomic E-state index is 8.61. The number of nitrogens with zero attached hydrogens (tertiary/aromatic N) is 1. The summed E-state index contributed by atoms with van der Waals surface area (Å²) >= 11 is 5.75. The van der Waals surface area contributed by atoms with Gasteiger partial charge >= 0.3 is 0 Å². The number of rotatable bonds is 4. The zero-order chi connectivity index (χ0) is 11.3. The highest BCUT2D eigenvalue weighted by molar-refractivity contribution is 6.31. The van der Waals surface area contributed by atoms with Crippen LogP contribution in [0, 0.1) is 0 Å². The highest BCUT2D eigenvalue weighted by atomic mass is 35.5. The van der Waals surface area contributed by atoms with Gasteiger partial charge in [-0.05, 0) is 18.2 Å². The van der Waals surface area contributed by atoms with E-state index in [9.17, 15) is 0 Å². The molecule has 1 aromatic carbocycles. The standard InChI is InChI=1S/C9H11ClN2O3/c10-6-1-2-8(15-4-3-13)7(5-6)9(11)12-14/h1-2,5,13-14H,3-4H2,(H2,11,12). The van der Waals surface area contributed by atoms with Gasteiger partial charge in [0, 0.05) is 5.02 Å². The molecule has 5 nitrogen and oxygen atoms in total. The Hall–Kier alpha value is -1.46. The van der Waals surface area contributed by atoms with Gasteiger partial charge < -0.3 is 20.8 Å². The fourth-order valence-corrected chi connectivity index (χ4v) is 1.21. The second-order valence-electron chi connectivity index (χ2n) is 2.70. The second kappa shape index (κ2) is 5.43. The van der Waals surface area contributed by atoms with Crippen LogP contribution in [-0.2, 0) is 0 Å². The van der Waals surface area contributed by atoms with Crippen molar-refractivity contribution in [1.29, 1.82) is 0 Å². The van der Waals surface area contributed by atoms with Crippen molar-refractivity contribution in [2.45, 2.75) is 0 Å². The largest absolute Gasteiger partial charge is 0.490 e. The van der Waals surface area contributed by atoms with Crippen LogP contribution in [-0.4, -0.2) is 29.4 Å². The van der Waals surface area contributed by atoms with Crippen molar-refractivity contribution in [3.63, 3.8) is 0 Å². The summed E-state index contributed by atoms with van der Waals surface area (Å²) in [6.45, 7) is 0.0194. The number of nitrogens with two attached hydrogens (primary N) is 1. The molecule has 0 aliphatic rings. The Balaban J connectivity index is 3.03. The third kappa shape index (κ3) is 3.00. The highest BCUT2D eigenvalue weighted by Crippen LogP contribution is 2.22. The molecule has 0 saturated carbocycles. The molecule has 0 spiro atoms. The molecule has 0 radical (unpaired) electrons. The molecular formula is C9H11ClN2O3. The average Bonchev–Trinajstić information content (AvgIpc) is 2.26. The molecule has 0 unspecified atom stereocenters. The Morgan fingerprint density at radius 2 is 2.27 bits per heavy atom. The molecule has 0 atom stereocenters. The molecule has 15 heavy (non-hydrogen) atoms. The van der Waals surface area contributed by atoms with Crippen LogP contribution in [0.15, 0.2) is 23.4 Å². The molecule has 0 saturated heterocycles. The minimum atomic E-state index is -0.113. The lowest BCUT2D eigenvalue weighted by Crippen LogP contribution is -2.15. The van der Waals surface area contributed by atoms with E-state index in [2.05, 4.69) is 5.16 Å². The van der Waals surface area contributed by atoms with Gasteiger partial charge in [-0.1, -0.05) is 16.8 Å². The highest BCUT2D eigenvalue weighted by Gasteiger charge is 2.08. The van der Waals surface area contributed by atoms with Gasteiger partial charge in [0.25, 0.3) is 0 Å². The summed E-state index contributed by atoms with van der Waals surface area (Å²) in [5.74, 6) is 0.314. The van der Waals surface area contributed by atoms with E-state index in [0.717, 1.165) is 0 Å². The predicted molar refractivity (Wildman–Crippen MR) is 56.5 cm³/mol. The van der Waals surface area contributed by atoms with Crippen LogP contribution in [0.3, 0.4) is 0 Å².